The van der Waals surface area contributed by atoms with Crippen molar-refractivity contribution in [3.8, 4) is 0 Å². The summed E-state index contributed by atoms with van der Waals surface area (Å²) in [6.07, 6.45) is 8.93. The van der Waals surface area contributed by atoms with E-state index in [4.69, 9.17) is 4.74 Å². The van der Waals surface area contributed by atoms with Gasteiger partial charge in [-0.1, -0.05) is 26.0 Å². The molecule has 28 heavy (non-hydrogen) atoms. The number of ether oxygens (including phenoxy) is 1. The molecule has 0 radical (unpaired) electrons. The fourth-order valence-electron chi connectivity index (χ4n) is 4.68. The molecule has 0 bridgehead atoms. The van der Waals surface area contributed by atoms with Crippen molar-refractivity contribution in [3.63, 3.8) is 0 Å². The van der Waals surface area contributed by atoms with Crippen LogP contribution in [-0.4, -0.2) is 51.9 Å². The molecule has 3 unspecified atom stereocenters. The lowest BCUT2D eigenvalue weighted by molar-refractivity contribution is 0.00721. The van der Waals surface area contributed by atoms with Crippen molar-refractivity contribution in [1.82, 2.24) is 4.90 Å². The van der Waals surface area contributed by atoms with E-state index in [0.29, 0.717) is 17.7 Å². The zero-order valence-corrected chi connectivity index (χ0v) is 18.4. The van der Waals surface area contributed by atoms with E-state index in [1.807, 2.05) is 18.2 Å². The summed E-state index contributed by atoms with van der Waals surface area (Å²) in [4.78, 5) is 2.59. The highest BCUT2D eigenvalue weighted by molar-refractivity contribution is 7.92. The molecule has 2 aliphatic rings. The maximum absolute atomic E-state index is 11.6. The molecule has 2 heterocycles. The SMILES string of the molecule is CC1CN(CCCC2CCCCO2)CCC1(C)c1cccc(NS(C)(=O)=O)c1. The largest absolute Gasteiger partial charge is 0.378 e. The first-order valence-electron chi connectivity index (χ1n) is 10.7. The number of hydrogen-bond acceptors (Lipinski definition) is 4. The number of sulfonamides is 1. The number of hydrogen-bond donors (Lipinski definition) is 1. The van der Waals surface area contributed by atoms with E-state index >= 15 is 0 Å². The summed E-state index contributed by atoms with van der Waals surface area (Å²) in [5, 5.41) is 0. The zero-order chi connectivity index (χ0) is 20.2. The van der Waals surface area contributed by atoms with Crippen LogP contribution in [0.25, 0.3) is 0 Å². The summed E-state index contributed by atoms with van der Waals surface area (Å²) in [5.41, 5.74) is 1.95. The third kappa shape index (κ3) is 5.71. The van der Waals surface area contributed by atoms with Gasteiger partial charge >= 0.3 is 0 Å². The standard InChI is InChI=1S/C22H36N2O3S/c1-18-17-24(13-7-11-21-10-4-5-15-27-21)14-12-22(18,2)19-8-6-9-20(16-19)23-28(3,25)26/h6,8-9,16,18,21,23H,4-5,7,10-15,17H2,1-3H3. The highest BCUT2D eigenvalue weighted by Gasteiger charge is 2.38. The molecule has 2 aliphatic heterocycles. The number of anilines is 1. The minimum Gasteiger partial charge on any atom is -0.378 e. The van der Waals surface area contributed by atoms with Gasteiger partial charge in [-0.3, -0.25) is 4.72 Å². The molecule has 3 rings (SSSR count). The Kier molecular flexibility index (Phi) is 7.05. The normalized spacial score (nSPS) is 29.5. The van der Waals surface area contributed by atoms with Crippen LogP contribution in [0.1, 0.15) is 57.9 Å². The molecule has 0 aromatic heterocycles. The molecular weight excluding hydrogens is 372 g/mol. The lowest BCUT2D eigenvalue weighted by Crippen LogP contribution is -2.47. The predicted molar refractivity (Wildman–Crippen MR) is 115 cm³/mol. The van der Waals surface area contributed by atoms with Crippen molar-refractivity contribution in [2.75, 3.05) is 37.2 Å². The maximum atomic E-state index is 11.6. The lowest BCUT2D eigenvalue weighted by atomic mass is 9.68. The van der Waals surface area contributed by atoms with Crippen molar-refractivity contribution >= 4 is 15.7 Å². The molecule has 2 fully saturated rings. The number of piperidine rings is 1. The Morgan fingerprint density at radius 1 is 1.32 bits per heavy atom. The number of rotatable bonds is 7. The van der Waals surface area contributed by atoms with Crippen LogP contribution >= 0.6 is 0 Å². The molecule has 1 aromatic rings. The van der Waals surface area contributed by atoms with Crippen LogP contribution in [0.4, 0.5) is 5.69 Å². The molecule has 3 atom stereocenters. The van der Waals surface area contributed by atoms with Gasteiger partial charge in [0.15, 0.2) is 0 Å². The van der Waals surface area contributed by atoms with Gasteiger partial charge in [-0.15, -0.1) is 0 Å². The highest BCUT2D eigenvalue weighted by Crippen LogP contribution is 2.40. The van der Waals surface area contributed by atoms with E-state index in [-0.39, 0.29) is 5.41 Å². The van der Waals surface area contributed by atoms with E-state index in [2.05, 4.69) is 29.5 Å². The lowest BCUT2D eigenvalue weighted by Gasteiger charge is -2.45. The Labute approximate surface area is 170 Å². The zero-order valence-electron chi connectivity index (χ0n) is 17.6. The molecule has 2 saturated heterocycles. The molecular formula is C22H36N2O3S. The van der Waals surface area contributed by atoms with Crippen LogP contribution < -0.4 is 4.72 Å². The molecule has 0 amide bonds. The second kappa shape index (κ2) is 9.14. The predicted octanol–water partition coefficient (Wildman–Crippen LogP) is 4.01. The second-order valence-electron chi connectivity index (χ2n) is 8.95. The molecule has 6 heteroatoms. The Balaban J connectivity index is 1.55. The highest BCUT2D eigenvalue weighted by atomic mass is 32.2. The minimum atomic E-state index is -3.25. The summed E-state index contributed by atoms with van der Waals surface area (Å²) >= 11 is 0. The first-order valence-corrected chi connectivity index (χ1v) is 12.6. The van der Waals surface area contributed by atoms with Crippen molar-refractivity contribution < 1.29 is 13.2 Å². The summed E-state index contributed by atoms with van der Waals surface area (Å²) < 4.78 is 31.6. The molecule has 0 spiro atoms. The van der Waals surface area contributed by atoms with E-state index < -0.39 is 10.0 Å². The topological polar surface area (TPSA) is 58.6 Å². The molecule has 5 nitrogen and oxygen atoms in total. The van der Waals surface area contributed by atoms with Crippen LogP contribution in [0.15, 0.2) is 24.3 Å². The van der Waals surface area contributed by atoms with Gasteiger partial charge in [0, 0.05) is 18.8 Å². The first kappa shape index (κ1) is 21.6. The average molecular weight is 409 g/mol. The van der Waals surface area contributed by atoms with Crippen molar-refractivity contribution in [2.45, 2.75) is 63.9 Å². The number of nitrogens with zero attached hydrogens (tertiary/aromatic N) is 1. The molecule has 0 aliphatic carbocycles. The van der Waals surface area contributed by atoms with Crippen LogP contribution in [0, 0.1) is 5.92 Å². The summed E-state index contributed by atoms with van der Waals surface area (Å²) in [6.45, 7) is 8.92. The van der Waals surface area contributed by atoms with Gasteiger partial charge in [-0.05, 0) is 80.6 Å². The quantitative estimate of drug-likeness (QED) is 0.741. The Hall–Kier alpha value is -1.11. The third-order valence-corrected chi connectivity index (χ3v) is 7.27. The monoisotopic (exact) mass is 408 g/mol. The van der Waals surface area contributed by atoms with Gasteiger partial charge < -0.3 is 9.64 Å². The van der Waals surface area contributed by atoms with Gasteiger partial charge in [-0.2, -0.15) is 0 Å². The van der Waals surface area contributed by atoms with E-state index in [1.165, 1.54) is 43.9 Å². The van der Waals surface area contributed by atoms with E-state index in [1.54, 1.807) is 0 Å². The number of nitrogens with one attached hydrogen (secondary N) is 1. The van der Waals surface area contributed by atoms with Crippen LogP contribution in [-0.2, 0) is 20.2 Å². The van der Waals surface area contributed by atoms with E-state index in [0.717, 1.165) is 32.7 Å². The van der Waals surface area contributed by atoms with Gasteiger partial charge in [0.2, 0.25) is 10.0 Å². The van der Waals surface area contributed by atoms with Crippen molar-refractivity contribution in [1.29, 1.82) is 0 Å². The van der Waals surface area contributed by atoms with Crippen LogP contribution in [0.5, 0.6) is 0 Å². The van der Waals surface area contributed by atoms with Crippen LogP contribution in [0.3, 0.4) is 0 Å². The number of benzene rings is 1. The van der Waals surface area contributed by atoms with Crippen LogP contribution in [0.2, 0.25) is 0 Å². The smallest absolute Gasteiger partial charge is 0.229 e. The average Bonchev–Trinajstić information content (AvgIpc) is 2.64. The van der Waals surface area contributed by atoms with Gasteiger partial charge in [0.25, 0.3) is 0 Å². The Bertz CT molecular complexity index is 746. The second-order valence-corrected chi connectivity index (χ2v) is 10.7. The van der Waals surface area contributed by atoms with Gasteiger partial charge in [0.05, 0.1) is 12.4 Å². The molecule has 158 valence electrons. The molecule has 1 aromatic carbocycles. The maximum Gasteiger partial charge on any atom is 0.229 e. The minimum absolute atomic E-state index is 0.0676. The summed E-state index contributed by atoms with van der Waals surface area (Å²) in [6, 6.07) is 7.92. The fraction of sp³-hybridized carbons (Fsp3) is 0.727. The number of likely N-dealkylation sites (tertiary alicyclic amines) is 1. The summed E-state index contributed by atoms with van der Waals surface area (Å²) in [5.74, 6) is 0.515. The first-order chi connectivity index (χ1) is 13.3. The fourth-order valence-corrected chi connectivity index (χ4v) is 5.23. The van der Waals surface area contributed by atoms with E-state index in [9.17, 15) is 8.42 Å². The third-order valence-electron chi connectivity index (χ3n) is 6.67. The Morgan fingerprint density at radius 3 is 2.82 bits per heavy atom. The van der Waals surface area contributed by atoms with Crippen molar-refractivity contribution in [2.24, 2.45) is 5.92 Å². The molecule has 0 saturated carbocycles. The van der Waals surface area contributed by atoms with Crippen molar-refractivity contribution in [3.05, 3.63) is 29.8 Å². The molecule has 1 N–H and O–H groups in total. The van der Waals surface area contributed by atoms with Gasteiger partial charge in [0.1, 0.15) is 0 Å². The summed E-state index contributed by atoms with van der Waals surface area (Å²) in [7, 11) is -3.25. The Morgan fingerprint density at radius 2 is 2.14 bits per heavy atom. The van der Waals surface area contributed by atoms with Gasteiger partial charge in [-0.25, -0.2) is 8.42 Å².